The fourth-order valence-corrected chi connectivity index (χ4v) is 2.54. The summed E-state index contributed by atoms with van der Waals surface area (Å²) in [6.45, 7) is 0.756. The number of rotatable bonds is 7. The van der Waals surface area contributed by atoms with Crippen LogP contribution >= 0.6 is 0 Å². The number of allylic oxidation sites excluding steroid dienone is 1. The SMILES string of the molecule is O=C(O)CC1(NC(=O)CC/C=C/c2ccccc2)CCOC1. The van der Waals surface area contributed by atoms with E-state index in [0.29, 0.717) is 25.9 Å². The number of ether oxygens (including phenoxy) is 1. The molecule has 1 fully saturated rings. The lowest BCUT2D eigenvalue weighted by atomic mass is 9.94. The molecule has 0 saturated carbocycles. The molecular formula is C17H21NO4. The first-order valence-electron chi connectivity index (χ1n) is 7.42. The van der Waals surface area contributed by atoms with E-state index in [9.17, 15) is 9.59 Å². The van der Waals surface area contributed by atoms with Crippen molar-refractivity contribution < 1.29 is 19.4 Å². The van der Waals surface area contributed by atoms with Crippen molar-refractivity contribution in [3.63, 3.8) is 0 Å². The van der Waals surface area contributed by atoms with E-state index < -0.39 is 11.5 Å². The first-order valence-corrected chi connectivity index (χ1v) is 7.42. The van der Waals surface area contributed by atoms with E-state index in [0.717, 1.165) is 5.56 Å². The average molecular weight is 303 g/mol. The third kappa shape index (κ3) is 5.00. The summed E-state index contributed by atoms with van der Waals surface area (Å²) in [5.74, 6) is -1.06. The molecule has 1 unspecified atom stereocenters. The minimum atomic E-state index is -0.922. The molecule has 5 nitrogen and oxygen atoms in total. The second-order valence-electron chi connectivity index (χ2n) is 5.55. The Morgan fingerprint density at radius 3 is 2.73 bits per heavy atom. The number of carboxylic acid groups (broad SMARTS) is 1. The predicted molar refractivity (Wildman–Crippen MR) is 83.3 cm³/mol. The number of hydrogen-bond donors (Lipinski definition) is 2. The first-order chi connectivity index (χ1) is 10.6. The minimum absolute atomic E-state index is 0.0986. The Morgan fingerprint density at radius 2 is 2.09 bits per heavy atom. The third-order valence-electron chi connectivity index (χ3n) is 3.65. The van der Waals surface area contributed by atoms with Crippen molar-refractivity contribution in [1.82, 2.24) is 5.32 Å². The molecule has 0 aliphatic carbocycles. The molecule has 1 aromatic carbocycles. The van der Waals surface area contributed by atoms with Crippen molar-refractivity contribution in [3.05, 3.63) is 42.0 Å². The molecule has 1 aliphatic rings. The van der Waals surface area contributed by atoms with E-state index in [2.05, 4.69) is 5.32 Å². The number of benzene rings is 1. The Bertz CT molecular complexity index is 533. The molecule has 0 radical (unpaired) electrons. The summed E-state index contributed by atoms with van der Waals surface area (Å²) < 4.78 is 5.25. The topological polar surface area (TPSA) is 75.6 Å². The van der Waals surface area contributed by atoms with Crippen LogP contribution in [0.5, 0.6) is 0 Å². The van der Waals surface area contributed by atoms with Crippen molar-refractivity contribution in [2.75, 3.05) is 13.2 Å². The van der Waals surface area contributed by atoms with Crippen LogP contribution in [0.25, 0.3) is 6.08 Å². The van der Waals surface area contributed by atoms with Gasteiger partial charge in [0.15, 0.2) is 0 Å². The molecule has 1 saturated heterocycles. The highest BCUT2D eigenvalue weighted by Gasteiger charge is 2.38. The van der Waals surface area contributed by atoms with Crippen molar-refractivity contribution >= 4 is 18.0 Å². The summed E-state index contributed by atoms with van der Waals surface area (Å²) in [6, 6.07) is 9.86. The van der Waals surface area contributed by atoms with Gasteiger partial charge in [0.1, 0.15) is 0 Å². The number of carboxylic acids is 1. The maximum atomic E-state index is 12.0. The van der Waals surface area contributed by atoms with Gasteiger partial charge in [-0.25, -0.2) is 0 Å². The van der Waals surface area contributed by atoms with Gasteiger partial charge in [-0.2, -0.15) is 0 Å². The summed E-state index contributed by atoms with van der Waals surface area (Å²) in [6.07, 6.45) is 5.32. The van der Waals surface area contributed by atoms with Crippen LogP contribution in [0.3, 0.4) is 0 Å². The highest BCUT2D eigenvalue weighted by molar-refractivity contribution is 5.78. The van der Waals surface area contributed by atoms with Gasteiger partial charge in [-0.05, 0) is 18.4 Å². The van der Waals surface area contributed by atoms with Gasteiger partial charge < -0.3 is 15.2 Å². The number of carbonyl (C=O) groups excluding carboxylic acids is 1. The number of amides is 1. The molecule has 2 rings (SSSR count). The maximum absolute atomic E-state index is 12.0. The Kier molecular flexibility index (Phi) is 5.72. The highest BCUT2D eigenvalue weighted by atomic mass is 16.5. The maximum Gasteiger partial charge on any atom is 0.305 e. The molecule has 5 heteroatoms. The van der Waals surface area contributed by atoms with Gasteiger partial charge in [0, 0.05) is 13.0 Å². The Morgan fingerprint density at radius 1 is 1.32 bits per heavy atom. The van der Waals surface area contributed by atoms with E-state index in [4.69, 9.17) is 9.84 Å². The second kappa shape index (κ2) is 7.75. The molecule has 0 spiro atoms. The lowest BCUT2D eigenvalue weighted by Gasteiger charge is -2.26. The van der Waals surface area contributed by atoms with Crippen molar-refractivity contribution in [1.29, 1.82) is 0 Å². The molecule has 1 amide bonds. The number of carbonyl (C=O) groups is 2. The van der Waals surface area contributed by atoms with Crippen LogP contribution in [0.15, 0.2) is 36.4 Å². The van der Waals surface area contributed by atoms with Crippen molar-refractivity contribution in [3.8, 4) is 0 Å². The highest BCUT2D eigenvalue weighted by Crippen LogP contribution is 2.23. The summed E-state index contributed by atoms with van der Waals surface area (Å²) in [5, 5.41) is 11.8. The minimum Gasteiger partial charge on any atom is -0.481 e. The van der Waals surface area contributed by atoms with E-state index in [-0.39, 0.29) is 18.9 Å². The summed E-state index contributed by atoms with van der Waals surface area (Å²) in [7, 11) is 0. The predicted octanol–water partition coefficient (Wildman–Crippen LogP) is 2.23. The standard InChI is InChI=1S/C17H21NO4/c19-15(9-5-4-8-14-6-2-1-3-7-14)18-17(12-16(20)21)10-11-22-13-17/h1-4,6-8H,5,9-13H2,(H,18,19)(H,20,21)/b8-4+. The third-order valence-corrected chi connectivity index (χ3v) is 3.65. The van der Waals surface area contributed by atoms with Gasteiger partial charge in [0.05, 0.1) is 18.6 Å². The molecule has 22 heavy (non-hydrogen) atoms. The molecule has 1 heterocycles. The molecule has 2 N–H and O–H groups in total. The summed E-state index contributed by atoms with van der Waals surface area (Å²) in [4.78, 5) is 22.9. The smallest absolute Gasteiger partial charge is 0.305 e. The van der Waals surface area contributed by atoms with Crippen molar-refractivity contribution in [2.45, 2.75) is 31.2 Å². The van der Waals surface area contributed by atoms with Gasteiger partial charge >= 0.3 is 5.97 Å². The largest absolute Gasteiger partial charge is 0.481 e. The van der Waals surface area contributed by atoms with Crippen LogP contribution in [0.4, 0.5) is 0 Å². The second-order valence-corrected chi connectivity index (χ2v) is 5.55. The number of aliphatic carboxylic acids is 1. The van der Waals surface area contributed by atoms with Crippen LogP contribution in [-0.2, 0) is 14.3 Å². The van der Waals surface area contributed by atoms with Gasteiger partial charge in [-0.15, -0.1) is 0 Å². The zero-order chi connectivity index (χ0) is 15.8. The van der Waals surface area contributed by atoms with Crippen LogP contribution in [0.2, 0.25) is 0 Å². The quantitative estimate of drug-likeness (QED) is 0.810. The number of nitrogens with one attached hydrogen (secondary N) is 1. The Labute approximate surface area is 130 Å². The van der Waals surface area contributed by atoms with E-state index in [1.165, 1.54) is 0 Å². The monoisotopic (exact) mass is 303 g/mol. The van der Waals surface area contributed by atoms with E-state index in [1.807, 2.05) is 42.5 Å². The molecule has 1 aromatic rings. The zero-order valence-electron chi connectivity index (χ0n) is 12.5. The van der Waals surface area contributed by atoms with Gasteiger partial charge in [-0.1, -0.05) is 42.5 Å². The van der Waals surface area contributed by atoms with E-state index >= 15 is 0 Å². The van der Waals surface area contributed by atoms with Crippen molar-refractivity contribution in [2.24, 2.45) is 0 Å². The van der Waals surface area contributed by atoms with Gasteiger partial charge in [-0.3, -0.25) is 9.59 Å². The first kappa shape index (κ1) is 16.2. The average Bonchev–Trinajstić information content (AvgIpc) is 2.92. The van der Waals surface area contributed by atoms with Crippen LogP contribution in [-0.4, -0.2) is 35.7 Å². The Balaban J connectivity index is 1.79. The normalized spacial score (nSPS) is 21.1. The Hall–Kier alpha value is -2.14. The fourth-order valence-electron chi connectivity index (χ4n) is 2.54. The molecule has 1 aliphatic heterocycles. The van der Waals surface area contributed by atoms with Crippen LogP contribution in [0, 0.1) is 0 Å². The van der Waals surface area contributed by atoms with Gasteiger partial charge in [0.25, 0.3) is 0 Å². The molecule has 0 aromatic heterocycles. The number of hydrogen-bond acceptors (Lipinski definition) is 3. The zero-order valence-corrected chi connectivity index (χ0v) is 12.5. The van der Waals surface area contributed by atoms with Crippen LogP contribution in [0.1, 0.15) is 31.2 Å². The fraction of sp³-hybridized carbons (Fsp3) is 0.412. The lowest BCUT2D eigenvalue weighted by molar-refractivity contribution is -0.139. The van der Waals surface area contributed by atoms with Gasteiger partial charge in [0.2, 0.25) is 5.91 Å². The lowest BCUT2D eigenvalue weighted by Crippen LogP contribution is -2.50. The molecule has 0 bridgehead atoms. The molecule has 118 valence electrons. The summed E-state index contributed by atoms with van der Waals surface area (Å²) in [5.41, 5.74) is 0.348. The summed E-state index contributed by atoms with van der Waals surface area (Å²) >= 11 is 0. The molecular weight excluding hydrogens is 282 g/mol. The van der Waals surface area contributed by atoms with Crippen LogP contribution < -0.4 is 5.32 Å². The molecule has 1 atom stereocenters. The van der Waals surface area contributed by atoms with E-state index in [1.54, 1.807) is 0 Å².